The number of hydrogen-bond donors (Lipinski definition) is 0. The molecule has 0 saturated carbocycles. The van der Waals surface area contributed by atoms with E-state index in [1.54, 1.807) is 23.9 Å². The van der Waals surface area contributed by atoms with Gasteiger partial charge in [-0.15, -0.1) is 11.8 Å². The molecule has 5 heteroatoms. The lowest BCUT2D eigenvalue weighted by atomic mass is 10.0. The summed E-state index contributed by atoms with van der Waals surface area (Å²) in [7, 11) is 0. The molecule has 1 heterocycles. The molecule has 1 aromatic heterocycles. The average molecular weight is 318 g/mol. The summed E-state index contributed by atoms with van der Waals surface area (Å²) in [5.41, 5.74) is 3.66. The lowest BCUT2D eigenvalue weighted by molar-refractivity contribution is 0.880. The van der Waals surface area contributed by atoms with Gasteiger partial charge in [-0.25, -0.2) is 9.97 Å². The van der Waals surface area contributed by atoms with Gasteiger partial charge in [0.1, 0.15) is 10.9 Å². The van der Waals surface area contributed by atoms with Gasteiger partial charge in [-0.1, -0.05) is 24.6 Å². The van der Waals surface area contributed by atoms with Crippen molar-refractivity contribution in [3.8, 4) is 6.07 Å². The van der Waals surface area contributed by atoms with Crippen molar-refractivity contribution in [2.75, 3.05) is 5.75 Å². The fourth-order valence-electron chi connectivity index (χ4n) is 2.11. The number of nitriles is 1. The SMILES string of the molecule is CCSc1nc(C)nc(C)c1Cc1ccc(C#N)cc1Cl. The molecule has 108 valence electrons. The van der Waals surface area contributed by atoms with Gasteiger partial charge < -0.3 is 0 Å². The van der Waals surface area contributed by atoms with Crippen LogP contribution in [-0.4, -0.2) is 15.7 Å². The highest BCUT2D eigenvalue weighted by Crippen LogP contribution is 2.28. The molecule has 0 aliphatic carbocycles. The fourth-order valence-corrected chi connectivity index (χ4v) is 3.23. The molecule has 0 aliphatic rings. The first kappa shape index (κ1) is 15.8. The Kier molecular flexibility index (Phi) is 5.22. The minimum absolute atomic E-state index is 0.573. The smallest absolute Gasteiger partial charge is 0.126 e. The van der Waals surface area contributed by atoms with E-state index >= 15 is 0 Å². The van der Waals surface area contributed by atoms with E-state index in [1.165, 1.54) is 0 Å². The number of benzene rings is 1. The van der Waals surface area contributed by atoms with Crippen molar-refractivity contribution in [2.24, 2.45) is 0 Å². The van der Waals surface area contributed by atoms with Crippen LogP contribution >= 0.6 is 23.4 Å². The summed E-state index contributed by atoms with van der Waals surface area (Å²) in [6.45, 7) is 6.02. The Morgan fingerprint density at radius 3 is 2.67 bits per heavy atom. The van der Waals surface area contributed by atoms with Crippen LogP contribution in [0.3, 0.4) is 0 Å². The minimum Gasteiger partial charge on any atom is -0.238 e. The van der Waals surface area contributed by atoms with Gasteiger partial charge in [-0.3, -0.25) is 0 Å². The second-order valence-corrected chi connectivity index (χ2v) is 6.33. The third-order valence-corrected chi connectivity index (χ3v) is 4.37. The van der Waals surface area contributed by atoms with Gasteiger partial charge >= 0.3 is 0 Å². The average Bonchev–Trinajstić information content (AvgIpc) is 2.44. The maximum Gasteiger partial charge on any atom is 0.126 e. The van der Waals surface area contributed by atoms with Crippen LogP contribution in [0.25, 0.3) is 0 Å². The zero-order chi connectivity index (χ0) is 15.4. The maximum atomic E-state index is 8.90. The van der Waals surface area contributed by atoms with Crippen molar-refractivity contribution in [3.63, 3.8) is 0 Å². The normalized spacial score (nSPS) is 10.4. The van der Waals surface area contributed by atoms with Crippen LogP contribution in [0.2, 0.25) is 5.02 Å². The van der Waals surface area contributed by atoms with E-state index in [0.29, 0.717) is 17.0 Å². The van der Waals surface area contributed by atoms with E-state index in [9.17, 15) is 0 Å². The van der Waals surface area contributed by atoms with E-state index in [4.69, 9.17) is 16.9 Å². The van der Waals surface area contributed by atoms with Crippen molar-refractivity contribution in [1.82, 2.24) is 9.97 Å². The quantitative estimate of drug-likeness (QED) is 0.622. The highest BCUT2D eigenvalue weighted by molar-refractivity contribution is 7.99. The topological polar surface area (TPSA) is 49.6 Å². The third kappa shape index (κ3) is 3.75. The number of halogens is 1. The van der Waals surface area contributed by atoms with E-state index in [-0.39, 0.29) is 0 Å². The van der Waals surface area contributed by atoms with Crippen LogP contribution < -0.4 is 0 Å². The number of thioether (sulfide) groups is 1. The summed E-state index contributed by atoms with van der Waals surface area (Å²) in [5, 5.41) is 10.5. The van der Waals surface area contributed by atoms with Gasteiger partial charge in [0.25, 0.3) is 0 Å². The molecule has 0 fully saturated rings. The summed E-state index contributed by atoms with van der Waals surface area (Å²) in [4.78, 5) is 9.00. The van der Waals surface area contributed by atoms with Crippen LogP contribution in [0.5, 0.6) is 0 Å². The molecule has 2 aromatic rings. The number of aryl methyl sites for hydroxylation is 2. The molecular formula is C16H16ClN3S. The largest absolute Gasteiger partial charge is 0.238 e. The molecule has 0 bridgehead atoms. The summed E-state index contributed by atoms with van der Waals surface area (Å²) < 4.78 is 0. The molecule has 0 N–H and O–H groups in total. The monoisotopic (exact) mass is 317 g/mol. The lowest BCUT2D eigenvalue weighted by Crippen LogP contribution is -2.03. The van der Waals surface area contributed by atoms with E-state index < -0.39 is 0 Å². The van der Waals surface area contributed by atoms with Gasteiger partial charge in [0.05, 0.1) is 11.6 Å². The molecular weight excluding hydrogens is 302 g/mol. The second-order valence-electron chi connectivity index (χ2n) is 4.67. The van der Waals surface area contributed by atoms with Gasteiger partial charge in [0.2, 0.25) is 0 Å². The van der Waals surface area contributed by atoms with Crippen molar-refractivity contribution in [2.45, 2.75) is 32.2 Å². The Labute approximate surface area is 134 Å². The molecule has 3 nitrogen and oxygen atoms in total. The first-order valence-electron chi connectivity index (χ1n) is 6.70. The van der Waals surface area contributed by atoms with Gasteiger partial charge in [-0.2, -0.15) is 5.26 Å². The standard InChI is InChI=1S/C16H16ClN3S/c1-4-21-16-14(10(2)19-11(3)20-16)8-13-6-5-12(9-18)7-15(13)17/h5-7H,4,8H2,1-3H3. The number of nitrogens with zero attached hydrogens (tertiary/aromatic N) is 3. The van der Waals surface area contributed by atoms with Crippen LogP contribution in [-0.2, 0) is 6.42 Å². The predicted octanol–water partition coefficient (Wildman–Crippen LogP) is 4.32. The van der Waals surface area contributed by atoms with E-state index in [0.717, 1.165) is 33.4 Å². The Morgan fingerprint density at radius 2 is 2.05 bits per heavy atom. The number of rotatable bonds is 4. The Hall–Kier alpha value is -1.57. The van der Waals surface area contributed by atoms with Crippen LogP contribution in [0, 0.1) is 25.2 Å². The summed E-state index contributed by atoms with van der Waals surface area (Å²) in [6.07, 6.45) is 0.680. The Balaban J connectivity index is 2.42. The number of aromatic nitrogens is 2. The van der Waals surface area contributed by atoms with Crippen LogP contribution in [0.1, 0.15) is 35.1 Å². The number of hydrogen-bond acceptors (Lipinski definition) is 4. The molecule has 0 aliphatic heterocycles. The van der Waals surface area contributed by atoms with Crippen LogP contribution in [0.15, 0.2) is 23.2 Å². The summed E-state index contributed by atoms with van der Waals surface area (Å²) >= 11 is 7.99. The molecule has 0 amide bonds. The first-order chi connectivity index (χ1) is 10.0. The third-order valence-electron chi connectivity index (χ3n) is 3.12. The van der Waals surface area contributed by atoms with Crippen molar-refractivity contribution in [1.29, 1.82) is 5.26 Å². The Morgan fingerprint density at radius 1 is 1.29 bits per heavy atom. The van der Waals surface area contributed by atoms with Crippen LogP contribution in [0.4, 0.5) is 0 Å². The molecule has 0 saturated heterocycles. The molecule has 0 unspecified atom stereocenters. The predicted molar refractivity (Wildman–Crippen MR) is 86.9 cm³/mol. The minimum atomic E-state index is 0.573. The van der Waals surface area contributed by atoms with Gasteiger partial charge in [-0.05, 0) is 37.3 Å². The molecule has 0 radical (unpaired) electrons. The Bertz CT molecular complexity index is 707. The first-order valence-corrected chi connectivity index (χ1v) is 8.07. The molecule has 1 aromatic carbocycles. The molecule has 0 spiro atoms. The van der Waals surface area contributed by atoms with Crippen molar-refractivity contribution < 1.29 is 0 Å². The maximum absolute atomic E-state index is 8.90. The summed E-state index contributed by atoms with van der Waals surface area (Å²) in [5.74, 6) is 1.75. The molecule has 0 atom stereocenters. The van der Waals surface area contributed by atoms with Crippen molar-refractivity contribution >= 4 is 23.4 Å². The second kappa shape index (κ2) is 6.93. The van der Waals surface area contributed by atoms with E-state index in [2.05, 4.69) is 23.0 Å². The summed E-state index contributed by atoms with van der Waals surface area (Å²) in [6, 6.07) is 7.49. The highest BCUT2D eigenvalue weighted by Gasteiger charge is 2.13. The van der Waals surface area contributed by atoms with Gasteiger partial charge in [0.15, 0.2) is 0 Å². The highest BCUT2D eigenvalue weighted by atomic mass is 35.5. The lowest BCUT2D eigenvalue weighted by Gasteiger charge is -2.12. The zero-order valence-electron chi connectivity index (χ0n) is 12.3. The fraction of sp³-hybridized carbons (Fsp3) is 0.312. The molecule has 21 heavy (non-hydrogen) atoms. The zero-order valence-corrected chi connectivity index (χ0v) is 13.8. The molecule has 2 rings (SSSR count). The van der Waals surface area contributed by atoms with E-state index in [1.807, 2.05) is 19.9 Å². The van der Waals surface area contributed by atoms with Crippen molar-refractivity contribution in [3.05, 3.63) is 51.4 Å². The van der Waals surface area contributed by atoms with Gasteiger partial charge in [0, 0.05) is 22.7 Å².